The van der Waals surface area contributed by atoms with Gasteiger partial charge in [0, 0.05) is 12.2 Å². The number of hydrogen-bond acceptors (Lipinski definition) is 3. The van der Waals surface area contributed by atoms with Crippen LogP contribution in [0.15, 0.2) is 0 Å². The minimum atomic E-state index is 0.212. The van der Waals surface area contributed by atoms with Gasteiger partial charge < -0.3 is 9.90 Å². The molecule has 0 aromatic heterocycles. The van der Waals surface area contributed by atoms with Gasteiger partial charge in [0.25, 0.3) is 0 Å². The Hall–Kier alpha value is -0.0200. The second-order valence-electron chi connectivity index (χ2n) is 1.29. The van der Waals surface area contributed by atoms with Crippen molar-refractivity contribution in [2.24, 2.45) is 0 Å². The van der Waals surface area contributed by atoms with E-state index >= 15 is 0 Å². The lowest BCUT2D eigenvalue weighted by Gasteiger charge is -1.90. The Labute approximate surface area is 53.3 Å². The van der Waals surface area contributed by atoms with E-state index < -0.39 is 0 Å². The third kappa shape index (κ3) is 5.98. The van der Waals surface area contributed by atoms with Crippen LogP contribution in [0.2, 0.25) is 0 Å². The van der Waals surface area contributed by atoms with Crippen LogP contribution in [0.4, 0.5) is 0 Å². The van der Waals surface area contributed by atoms with E-state index in [1.165, 1.54) is 0 Å². The highest BCUT2D eigenvalue weighted by molar-refractivity contribution is 7.99. The Morgan fingerprint density at radius 3 is 2.75 bits per heavy atom. The summed E-state index contributed by atoms with van der Waals surface area (Å²) in [4.78, 5) is 9.69. The zero-order valence-electron chi connectivity index (χ0n) is 4.67. The maximum absolute atomic E-state index is 9.69. The van der Waals surface area contributed by atoms with E-state index in [-0.39, 0.29) is 6.61 Å². The normalized spacial score (nSPS) is 9.12. The molecule has 0 aromatic rings. The van der Waals surface area contributed by atoms with Crippen LogP contribution >= 0.6 is 11.8 Å². The molecule has 8 heavy (non-hydrogen) atoms. The lowest BCUT2D eigenvalue weighted by molar-refractivity contribution is -0.107. The molecule has 0 spiro atoms. The van der Waals surface area contributed by atoms with Gasteiger partial charge in [0.2, 0.25) is 0 Å². The summed E-state index contributed by atoms with van der Waals surface area (Å²) >= 11 is 1.60. The number of aldehydes is 1. The van der Waals surface area contributed by atoms with Crippen LogP contribution in [-0.2, 0) is 4.79 Å². The first-order valence-corrected chi connectivity index (χ1v) is 3.69. The molecule has 0 aliphatic rings. The molecular formula is C5H10O2S. The summed E-state index contributed by atoms with van der Waals surface area (Å²) < 4.78 is 0. The Bertz CT molecular complexity index is 56.4. The minimum absolute atomic E-state index is 0.212. The first-order valence-electron chi connectivity index (χ1n) is 2.54. The quantitative estimate of drug-likeness (QED) is 0.434. The molecule has 48 valence electrons. The fourth-order valence-electron chi connectivity index (χ4n) is 0.298. The van der Waals surface area contributed by atoms with Crippen molar-refractivity contribution in [1.29, 1.82) is 0 Å². The molecule has 0 aliphatic heterocycles. The zero-order valence-corrected chi connectivity index (χ0v) is 5.49. The number of rotatable bonds is 5. The summed E-state index contributed by atoms with van der Waals surface area (Å²) in [5, 5.41) is 8.26. The molecule has 0 radical (unpaired) electrons. The van der Waals surface area contributed by atoms with Crippen molar-refractivity contribution in [3.8, 4) is 0 Å². The third-order valence-electron chi connectivity index (χ3n) is 0.616. The molecule has 0 saturated carbocycles. The second-order valence-corrected chi connectivity index (χ2v) is 2.52. The summed E-state index contributed by atoms with van der Waals surface area (Å²) in [6.45, 7) is 0.212. The van der Waals surface area contributed by atoms with Gasteiger partial charge in [-0.15, -0.1) is 0 Å². The number of thioether (sulfide) groups is 1. The molecule has 0 amide bonds. The van der Waals surface area contributed by atoms with Crippen molar-refractivity contribution in [2.45, 2.75) is 6.42 Å². The molecule has 0 rings (SSSR count). The highest BCUT2D eigenvalue weighted by Crippen LogP contribution is 1.98. The van der Waals surface area contributed by atoms with E-state index in [4.69, 9.17) is 5.11 Å². The number of carbonyl (C=O) groups excluding carboxylic acids is 1. The number of aliphatic hydroxyl groups is 1. The predicted octanol–water partition coefficient (Wildman–Crippen LogP) is 0.301. The van der Waals surface area contributed by atoms with E-state index in [0.29, 0.717) is 6.42 Å². The van der Waals surface area contributed by atoms with Crippen LogP contribution in [0.25, 0.3) is 0 Å². The molecule has 2 nitrogen and oxygen atoms in total. The van der Waals surface area contributed by atoms with Gasteiger partial charge in [0.15, 0.2) is 0 Å². The van der Waals surface area contributed by atoms with Crippen molar-refractivity contribution < 1.29 is 9.90 Å². The molecule has 0 bridgehead atoms. The topological polar surface area (TPSA) is 37.3 Å². The summed E-state index contributed by atoms with van der Waals surface area (Å²) in [7, 11) is 0. The molecule has 0 heterocycles. The van der Waals surface area contributed by atoms with Gasteiger partial charge >= 0.3 is 0 Å². The van der Waals surface area contributed by atoms with Crippen LogP contribution in [0.3, 0.4) is 0 Å². The van der Waals surface area contributed by atoms with E-state index in [1.54, 1.807) is 11.8 Å². The maximum atomic E-state index is 9.69. The van der Waals surface area contributed by atoms with E-state index in [9.17, 15) is 4.79 Å². The average Bonchev–Trinajstić information content (AvgIpc) is 1.81. The monoisotopic (exact) mass is 134 g/mol. The van der Waals surface area contributed by atoms with Crippen molar-refractivity contribution in [1.82, 2.24) is 0 Å². The van der Waals surface area contributed by atoms with Gasteiger partial charge in [-0.05, 0) is 5.75 Å². The molecule has 0 aromatic carbocycles. The SMILES string of the molecule is O=CCCSCCO. The Morgan fingerprint density at radius 1 is 1.50 bits per heavy atom. The molecule has 0 aliphatic carbocycles. The van der Waals surface area contributed by atoms with Gasteiger partial charge in [-0.3, -0.25) is 0 Å². The lowest BCUT2D eigenvalue weighted by Crippen LogP contribution is -1.88. The fourth-order valence-corrected chi connectivity index (χ4v) is 0.894. The number of carbonyl (C=O) groups is 1. The highest BCUT2D eigenvalue weighted by atomic mass is 32.2. The Balaban J connectivity index is 2.62. The van der Waals surface area contributed by atoms with Gasteiger partial charge in [-0.25, -0.2) is 0 Å². The molecule has 1 N–H and O–H groups in total. The largest absolute Gasteiger partial charge is 0.396 e. The smallest absolute Gasteiger partial charge is 0.120 e. The number of aliphatic hydroxyl groups excluding tert-OH is 1. The standard InChI is InChI=1S/C5H10O2S/c6-2-1-4-8-5-3-7/h2,7H,1,3-5H2. The molecule has 3 heteroatoms. The van der Waals surface area contributed by atoms with Crippen molar-refractivity contribution in [3.05, 3.63) is 0 Å². The first kappa shape index (κ1) is 7.98. The predicted molar refractivity (Wildman–Crippen MR) is 35.1 cm³/mol. The molecule has 0 saturated heterocycles. The van der Waals surface area contributed by atoms with Crippen LogP contribution in [0.1, 0.15) is 6.42 Å². The van der Waals surface area contributed by atoms with Gasteiger partial charge in [0.05, 0.1) is 6.61 Å². The highest BCUT2D eigenvalue weighted by Gasteiger charge is 1.83. The fraction of sp³-hybridized carbons (Fsp3) is 0.800. The Kier molecular flexibility index (Phi) is 6.96. The van der Waals surface area contributed by atoms with Gasteiger partial charge in [-0.1, -0.05) is 0 Å². The zero-order chi connectivity index (χ0) is 6.24. The third-order valence-corrected chi connectivity index (χ3v) is 1.61. The summed E-state index contributed by atoms with van der Waals surface area (Å²) in [5.41, 5.74) is 0. The minimum Gasteiger partial charge on any atom is -0.396 e. The van der Waals surface area contributed by atoms with Crippen LogP contribution < -0.4 is 0 Å². The number of hydrogen-bond donors (Lipinski definition) is 1. The Morgan fingerprint density at radius 2 is 2.25 bits per heavy atom. The summed E-state index contributed by atoms with van der Waals surface area (Å²) in [6.07, 6.45) is 1.50. The van der Waals surface area contributed by atoms with Gasteiger partial charge in [-0.2, -0.15) is 11.8 Å². The van der Waals surface area contributed by atoms with Crippen molar-refractivity contribution in [2.75, 3.05) is 18.1 Å². The van der Waals surface area contributed by atoms with Crippen LogP contribution in [-0.4, -0.2) is 29.5 Å². The second kappa shape index (κ2) is 6.98. The van der Waals surface area contributed by atoms with E-state index in [1.807, 2.05) is 0 Å². The van der Waals surface area contributed by atoms with E-state index in [0.717, 1.165) is 17.8 Å². The lowest BCUT2D eigenvalue weighted by atomic mass is 10.6. The maximum Gasteiger partial charge on any atom is 0.120 e. The molecular weight excluding hydrogens is 124 g/mol. The van der Waals surface area contributed by atoms with Crippen molar-refractivity contribution >= 4 is 18.0 Å². The van der Waals surface area contributed by atoms with Crippen molar-refractivity contribution in [3.63, 3.8) is 0 Å². The summed E-state index contributed by atoms with van der Waals surface area (Å²) in [6, 6.07) is 0. The molecule has 0 fully saturated rings. The van der Waals surface area contributed by atoms with Crippen LogP contribution in [0.5, 0.6) is 0 Å². The molecule has 0 atom stereocenters. The van der Waals surface area contributed by atoms with E-state index in [2.05, 4.69) is 0 Å². The average molecular weight is 134 g/mol. The molecule has 0 unspecified atom stereocenters. The van der Waals surface area contributed by atoms with Crippen LogP contribution in [0, 0.1) is 0 Å². The van der Waals surface area contributed by atoms with Gasteiger partial charge in [0.1, 0.15) is 6.29 Å². The first-order chi connectivity index (χ1) is 3.91. The summed E-state index contributed by atoms with van der Waals surface area (Å²) in [5.74, 6) is 1.58.